The van der Waals surface area contributed by atoms with Gasteiger partial charge in [-0.2, -0.15) is 0 Å². The molecule has 138 valence electrons. The molecule has 0 saturated carbocycles. The number of halogens is 1. The third-order valence-electron chi connectivity index (χ3n) is 5.07. The first-order valence-electron chi connectivity index (χ1n) is 8.92. The molecule has 6 heteroatoms. The highest BCUT2D eigenvalue weighted by Crippen LogP contribution is 2.27. The summed E-state index contributed by atoms with van der Waals surface area (Å²) in [7, 11) is 0. The number of carbonyl (C=O) groups excluding carboxylic acids is 2. The molecule has 0 spiro atoms. The Morgan fingerprint density at radius 2 is 1.88 bits per heavy atom. The molecule has 2 heterocycles. The van der Waals surface area contributed by atoms with Crippen LogP contribution in [0.15, 0.2) is 30.3 Å². The summed E-state index contributed by atoms with van der Waals surface area (Å²) in [5.74, 6) is -0.384. The number of amides is 2. The zero-order valence-electron chi connectivity index (χ0n) is 15.2. The van der Waals surface area contributed by atoms with E-state index in [4.69, 9.17) is 17.3 Å². The number of nitrogens with zero attached hydrogens (tertiary/aromatic N) is 2. The second-order valence-corrected chi connectivity index (χ2v) is 7.35. The molecule has 1 aliphatic heterocycles. The van der Waals surface area contributed by atoms with Gasteiger partial charge in [-0.3, -0.25) is 9.59 Å². The van der Waals surface area contributed by atoms with Crippen molar-refractivity contribution in [3.8, 4) is 5.69 Å². The fourth-order valence-electron chi connectivity index (χ4n) is 3.83. The Hall–Kier alpha value is -2.27. The van der Waals surface area contributed by atoms with Crippen molar-refractivity contribution in [3.05, 3.63) is 52.3 Å². The van der Waals surface area contributed by atoms with E-state index in [1.807, 2.05) is 49.1 Å². The molecule has 1 aliphatic rings. The highest BCUT2D eigenvalue weighted by molar-refractivity contribution is 6.30. The standard InChI is InChI=1S/C20H24ClN3O2/c1-13-11-18(14(2)24(13)16-8-6-15(21)7-9-16)20(26)23-10-4-3-5-17(23)12-19(22)25/h6-9,11,17H,3-5,10,12H2,1-2H3,(H2,22,25). The summed E-state index contributed by atoms with van der Waals surface area (Å²) < 4.78 is 2.05. The molecule has 1 atom stereocenters. The lowest BCUT2D eigenvalue weighted by molar-refractivity contribution is -0.119. The predicted molar refractivity (Wildman–Crippen MR) is 103 cm³/mol. The number of carbonyl (C=O) groups is 2. The molecule has 1 aromatic carbocycles. The van der Waals surface area contributed by atoms with Gasteiger partial charge in [-0.25, -0.2) is 0 Å². The molecular formula is C20H24ClN3O2. The Labute approximate surface area is 158 Å². The minimum atomic E-state index is -0.360. The van der Waals surface area contributed by atoms with Crippen molar-refractivity contribution in [2.24, 2.45) is 5.73 Å². The van der Waals surface area contributed by atoms with Gasteiger partial charge in [-0.15, -0.1) is 0 Å². The maximum atomic E-state index is 13.2. The van der Waals surface area contributed by atoms with E-state index in [1.165, 1.54) is 0 Å². The number of benzene rings is 1. The van der Waals surface area contributed by atoms with Gasteiger partial charge in [0.15, 0.2) is 0 Å². The number of primary amides is 1. The van der Waals surface area contributed by atoms with E-state index >= 15 is 0 Å². The van der Waals surface area contributed by atoms with E-state index in [0.717, 1.165) is 36.3 Å². The van der Waals surface area contributed by atoms with Gasteiger partial charge in [0.05, 0.1) is 5.56 Å². The smallest absolute Gasteiger partial charge is 0.255 e. The van der Waals surface area contributed by atoms with Crippen molar-refractivity contribution in [3.63, 3.8) is 0 Å². The van der Waals surface area contributed by atoms with E-state index in [9.17, 15) is 9.59 Å². The Morgan fingerprint density at radius 1 is 1.19 bits per heavy atom. The number of piperidine rings is 1. The van der Waals surface area contributed by atoms with Crippen molar-refractivity contribution in [1.29, 1.82) is 0 Å². The van der Waals surface area contributed by atoms with Crippen LogP contribution in [-0.4, -0.2) is 33.9 Å². The number of hydrogen-bond donors (Lipinski definition) is 1. The fourth-order valence-corrected chi connectivity index (χ4v) is 3.96. The second kappa shape index (κ2) is 7.54. The summed E-state index contributed by atoms with van der Waals surface area (Å²) in [6, 6.07) is 9.37. The topological polar surface area (TPSA) is 68.3 Å². The molecule has 1 fully saturated rings. The summed E-state index contributed by atoms with van der Waals surface area (Å²) >= 11 is 5.99. The lowest BCUT2D eigenvalue weighted by Gasteiger charge is -2.35. The van der Waals surface area contributed by atoms with Crippen LogP contribution in [0.3, 0.4) is 0 Å². The van der Waals surface area contributed by atoms with Crippen LogP contribution in [0.5, 0.6) is 0 Å². The lowest BCUT2D eigenvalue weighted by Crippen LogP contribution is -2.45. The highest BCUT2D eigenvalue weighted by Gasteiger charge is 2.30. The Balaban J connectivity index is 1.93. The molecule has 0 aliphatic carbocycles. The number of nitrogens with two attached hydrogens (primary N) is 1. The van der Waals surface area contributed by atoms with Gasteiger partial charge in [-0.05, 0) is 63.4 Å². The monoisotopic (exact) mass is 373 g/mol. The highest BCUT2D eigenvalue weighted by atomic mass is 35.5. The van der Waals surface area contributed by atoms with Crippen LogP contribution in [-0.2, 0) is 4.79 Å². The summed E-state index contributed by atoms with van der Waals surface area (Å²) in [4.78, 5) is 26.4. The van der Waals surface area contributed by atoms with Crippen LogP contribution in [0.2, 0.25) is 5.02 Å². The minimum absolute atomic E-state index is 0.0238. The molecule has 2 amide bonds. The van der Waals surface area contributed by atoms with Gasteiger partial charge in [0.2, 0.25) is 5.91 Å². The first-order chi connectivity index (χ1) is 12.4. The van der Waals surface area contributed by atoms with Crippen molar-refractivity contribution in [2.45, 2.75) is 45.6 Å². The average molecular weight is 374 g/mol. The number of likely N-dealkylation sites (tertiary alicyclic amines) is 1. The third kappa shape index (κ3) is 3.63. The van der Waals surface area contributed by atoms with Crippen LogP contribution in [0.4, 0.5) is 0 Å². The zero-order chi connectivity index (χ0) is 18.8. The van der Waals surface area contributed by atoms with E-state index in [2.05, 4.69) is 4.57 Å². The molecular weight excluding hydrogens is 350 g/mol. The summed E-state index contributed by atoms with van der Waals surface area (Å²) in [6.07, 6.45) is 3.02. The molecule has 0 radical (unpaired) electrons. The first-order valence-corrected chi connectivity index (χ1v) is 9.30. The molecule has 2 N–H and O–H groups in total. The molecule has 26 heavy (non-hydrogen) atoms. The maximum Gasteiger partial charge on any atom is 0.255 e. The Morgan fingerprint density at radius 3 is 2.54 bits per heavy atom. The molecule has 1 unspecified atom stereocenters. The van der Waals surface area contributed by atoms with E-state index < -0.39 is 0 Å². The van der Waals surface area contributed by atoms with Gasteiger partial charge in [-0.1, -0.05) is 11.6 Å². The fraction of sp³-hybridized carbons (Fsp3) is 0.400. The maximum absolute atomic E-state index is 13.2. The molecule has 3 rings (SSSR count). The number of aromatic nitrogens is 1. The Bertz CT molecular complexity index is 826. The van der Waals surface area contributed by atoms with Crippen molar-refractivity contribution < 1.29 is 9.59 Å². The third-order valence-corrected chi connectivity index (χ3v) is 5.32. The summed E-state index contributed by atoms with van der Waals surface area (Å²) in [5, 5.41) is 0.676. The molecule has 5 nitrogen and oxygen atoms in total. The molecule has 1 saturated heterocycles. The predicted octanol–water partition coefficient (Wildman–Crippen LogP) is 3.62. The van der Waals surface area contributed by atoms with E-state index in [0.29, 0.717) is 17.1 Å². The van der Waals surface area contributed by atoms with Gasteiger partial charge in [0, 0.05) is 41.1 Å². The molecule has 1 aromatic heterocycles. The zero-order valence-corrected chi connectivity index (χ0v) is 15.9. The van der Waals surface area contributed by atoms with Gasteiger partial charge in [0.1, 0.15) is 0 Å². The molecule has 2 aromatic rings. The van der Waals surface area contributed by atoms with Crippen molar-refractivity contribution >= 4 is 23.4 Å². The van der Waals surface area contributed by atoms with Crippen molar-refractivity contribution in [1.82, 2.24) is 9.47 Å². The number of rotatable bonds is 4. The van der Waals surface area contributed by atoms with Crippen LogP contribution in [0.1, 0.15) is 47.4 Å². The quantitative estimate of drug-likeness (QED) is 0.889. The molecule has 0 bridgehead atoms. The average Bonchev–Trinajstić information content (AvgIpc) is 2.90. The van der Waals surface area contributed by atoms with Gasteiger partial charge < -0.3 is 15.2 Å². The van der Waals surface area contributed by atoms with Crippen LogP contribution >= 0.6 is 11.6 Å². The van der Waals surface area contributed by atoms with Crippen LogP contribution in [0.25, 0.3) is 5.69 Å². The lowest BCUT2D eigenvalue weighted by atomic mass is 9.98. The summed E-state index contributed by atoms with van der Waals surface area (Å²) in [5.41, 5.74) is 8.89. The van der Waals surface area contributed by atoms with Crippen LogP contribution < -0.4 is 5.73 Å². The van der Waals surface area contributed by atoms with Crippen molar-refractivity contribution in [2.75, 3.05) is 6.54 Å². The normalized spacial score (nSPS) is 17.3. The largest absolute Gasteiger partial charge is 0.370 e. The summed E-state index contributed by atoms with van der Waals surface area (Å²) in [6.45, 7) is 4.60. The first kappa shape index (κ1) is 18.5. The second-order valence-electron chi connectivity index (χ2n) is 6.92. The SMILES string of the molecule is Cc1cc(C(=O)N2CCCCC2CC(N)=O)c(C)n1-c1ccc(Cl)cc1. The Kier molecular flexibility index (Phi) is 5.37. The number of aryl methyl sites for hydroxylation is 1. The van der Waals surface area contributed by atoms with Crippen LogP contribution in [0, 0.1) is 13.8 Å². The van der Waals surface area contributed by atoms with Gasteiger partial charge >= 0.3 is 0 Å². The minimum Gasteiger partial charge on any atom is -0.370 e. The van der Waals surface area contributed by atoms with E-state index in [-0.39, 0.29) is 24.3 Å². The van der Waals surface area contributed by atoms with E-state index in [1.54, 1.807) is 0 Å². The number of hydrogen-bond acceptors (Lipinski definition) is 2. The van der Waals surface area contributed by atoms with Gasteiger partial charge in [0.25, 0.3) is 5.91 Å².